The molecule has 0 aromatic carbocycles. The van der Waals surface area contributed by atoms with Gasteiger partial charge in [0.2, 0.25) is 0 Å². The van der Waals surface area contributed by atoms with Gasteiger partial charge in [0.15, 0.2) is 5.69 Å². The monoisotopic (exact) mass is 244 g/mol. The van der Waals surface area contributed by atoms with Gasteiger partial charge in [0.1, 0.15) is 5.15 Å². The third kappa shape index (κ3) is 2.17. The zero-order valence-electron chi connectivity index (χ0n) is 7.27. The Hall–Kier alpha value is -0.360. The van der Waals surface area contributed by atoms with Crippen LogP contribution in [0.4, 0.5) is 13.2 Å². The Morgan fingerprint density at radius 1 is 1.50 bits per heavy atom. The van der Waals surface area contributed by atoms with E-state index in [1.54, 1.807) is 0 Å². The van der Waals surface area contributed by atoms with Crippen LogP contribution in [0.2, 0.25) is 5.15 Å². The molecule has 0 amide bonds. The van der Waals surface area contributed by atoms with Crippen molar-refractivity contribution < 1.29 is 13.2 Å². The van der Waals surface area contributed by atoms with E-state index < -0.39 is 11.9 Å². The van der Waals surface area contributed by atoms with E-state index in [2.05, 4.69) is 17.7 Å². The minimum absolute atomic E-state index is 0.0108. The van der Waals surface area contributed by atoms with Gasteiger partial charge in [0, 0.05) is 12.6 Å². The first-order chi connectivity index (χ1) is 6.38. The molecule has 0 N–H and O–H groups in total. The van der Waals surface area contributed by atoms with Crippen molar-refractivity contribution in [1.29, 1.82) is 0 Å². The maximum atomic E-state index is 12.4. The third-order valence-corrected chi connectivity index (χ3v) is 2.40. The van der Waals surface area contributed by atoms with E-state index in [-0.39, 0.29) is 17.1 Å². The van der Waals surface area contributed by atoms with Crippen LogP contribution in [0, 0.1) is 0 Å². The fourth-order valence-electron chi connectivity index (χ4n) is 1.11. The molecule has 0 saturated carbocycles. The molecule has 0 radical (unpaired) electrons. The van der Waals surface area contributed by atoms with Gasteiger partial charge in [-0.3, -0.25) is 4.68 Å². The molecule has 0 atom stereocenters. The summed E-state index contributed by atoms with van der Waals surface area (Å²) < 4.78 is 38.2. The second-order valence-corrected chi connectivity index (χ2v) is 3.52. The smallest absolute Gasteiger partial charge is 0.256 e. The largest absolute Gasteiger partial charge is 0.435 e. The van der Waals surface area contributed by atoms with Crippen LogP contribution in [0.3, 0.4) is 0 Å². The molecule has 14 heavy (non-hydrogen) atoms. The molecule has 0 bridgehead atoms. The van der Waals surface area contributed by atoms with Crippen molar-refractivity contribution in [3.63, 3.8) is 0 Å². The summed E-state index contributed by atoms with van der Waals surface area (Å²) in [6.07, 6.45) is -4.30. The van der Waals surface area contributed by atoms with E-state index in [0.717, 1.165) is 4.68 Å². The first-order valence-corrected chi connectivity index (χ1v) is 4.78. The lowest BCUT2D eigenvalue weighted by atomic mass is 10.2. The third-order valence-electron chi connectivity index (χ3n) is 1.70. The summed E-state index contributed by atoms with van der Waals surface area (Å²) in [6, 6.07) is 0. The fourth-order valence-corrected chi connectivity index (χ4v) is 1.55. The van der Waals surface area contributed by atoms with Crippen molar-refractivity contribution in [2.24, 2.45) is 7.05 Å². The summed E-state index contributed by atoms with van der Waals surface area (Å²) in [4.78, 5) is 0. The lowest BCUT2D eigenvalue weighted by molar-refractivity contribution is -0.142. The predicted octanol–water partition coefficient (Wildman–Crippen LogP) is 2.56. The number of aryl methyl sites for hydroxylation is 1. The predicted molar refractivity (Wildman–Crippen MR) is 50.8 cm³/mol. The van der Waals surface area contributed by atoms with E-state index in [4.69, 9.17) is 11.6 Å². The molecule has 0 aliphatic heterocycles. The van der Waals surface area contributed by atoms with Crippen LogP contribution in [-0.4, -0.2) is 15.5 Å². The van der Waals surface area contributed by atoms with Crippen molar-refractivity contribution in [2.75, 3.05) is 5.75 Å². The maximum absolute atomic E-state index is 12.4. The number of rotatable bonds is 2. The van der Waals surface area contributed by atoms with Gasteiger partial charge in [-0.2, -0.15) is 30.9 Å². The highest BCUT2D eigenvalue weighted by Gasteiger charge is 2.38. The molecule has 0 unspecified atom stereocenters. The molecule has 80 valence electrons. The van der Waals surface area contributed by atoms with Crippen LogP contribution in [0.1, 0.15) is 11.3 Å². The van der Waals surface area contributed by atoms with Crippen molar-refractivity contribution in [3.05, 3.63) is 16.4 Å². The van der Waals surface area contributed by atoms with E-state index >= 15 is 0 Å². The molecule has 0 spiro atoms. The van der Waals surface area contributed by atoms with Gasteiger partial charge in [-0.1, -0.05) is 11.6 Å². The number of hydrogen-bond donors (Lipinski definition) is 1. The zero-order chi connectivity index (χ0) is 10.9. The number of thiol groups is 1. The number of nitrogens with zero attached hydrogens (tertiary/aromatic N) is 2. The number of aromatic nitrogens is 2. The van der Waals surface area contributed by atoms with Gasteiger partial charge in [0.05, 0.1) is 0 Å². The average Bonchev–Trinajstić information content (AvgIpc) is 2.32. The molecule has 1 aromatic rings. The summed E-state index contributed by atoms with van der Waals surface area (Å²) in [5.74, 6) is 0.300. The Morgan fingerprint density at radius 2 is 2.07 bits per heavy atom. The van der Waals surface area contributed by atoms with Crippen LogP contribution in [0.5, 0.6) is 0 Å². The number of alkyl halides is 3. The molecule has 0 fully saturated rings. The van der Waals surface area contributed by atoms with E-state index in [1.165, 1.54) is 7.05 Å². The lowest BCUT2D eigenvalue weighted by Gasteiger charge is -2.04. The van der Waals surface area contributed by atoms with Crippen molar-refractivity contribution >= 4 is 24.2 Å². The molecule has 1 aromatic heterocycles. The first-order valence-electron chi connectivity index (χ1n) is 3.77. The minimum Gasteiger partial charge on any atom is -0.256 e. The van der Waals surface area contributed by atoms with Crippen LogP contribution in [-0.2, 0) is 19.6 Å². The molecular weight excluding hydrogens is 237 g/mol. The van der Waals surface area contributed by atoms with Gasteiger partial charge < -0.3 is 0 Å². The summed E-state index contributed by atoms with van der Waals surface area (Å²) in [7, 11) is 1.37. The molecule has 1 heterocycles. The standard InChI is InChI=1S/C7H8ClF3N2S/c1-13-6(8)4(2-3-14)5(12-13)7(9,10)11/h14H,2-3H2,1H3. The Balaban J connectivity index is 3.22. The molecule has 2 nitrogen and oxygen atoms in total. The summed E-state index contributed by atoms with van der Waals surface area (Å²) in [5.41, 5.74) is -0.907. The van der Waals surface area contributed by atoms with Crippen molar-refractivity contribution in [1.82, 2.24) is 9.78 Å². The van der Waals surface area contributed by atoms with Gasteiger partial charge in [0.25, 0.3) is 0 Å². The second kappa shape index (κ2) is 4.02. The highest BCUT2D eigenvalue weighted by atomic mass is 35.5. The Kier molecular flexibility index (Phi) is 3.36. The maximum Gasteiger partial charge on any atom is 0.435 e. The number of hydrogen-bond acceptors (Lipinski definition) is 2. The molecule has 1 rings (SSSR count). The highest BCUT2D eigenvalue weighted by Crippen LogP contribution is 2.34. The number of halogens is 4. The second-order valence-electron chi connectivity index (χ2n) is 2.71. The van der Waals surface area contributed by atoms with Gasteiger partial charge in [-0.25, -0.2) is 0 Å². The van der Waals surface area contributed by atoms with Crippen LogP contribution in [0.25, 0.3) is 0 Å². The Bertz CT molecular complexity index is 334. The van der Waals surface area contributed by atoms with Crippen molar-refractivity contribution in [2.45, 2.75) is 12.6 Å². The van der Waals surface area contributed by atoms with Gasteiger partial charge in [-0.05, 0) is 12.2 Å². The molecule has 0 aliphatic carbocycles. The van der Waals surface area contributed by atoms with Gasteiger partial charge in [-0.15, -0.1) is 0 Å². The topological polar surface area (TPSA) is 17.8 Å². The lowest BCUT2D eigenvalue weighted by Crippen LogP contribution is -2.09. The highest BCUT2D eigenvalue weighted by molar-refractivity contribution is 7.80. The van der Waals surface area contributed by atoms with E-state index in [0.29, 0.717) is 5.75 Å². The van der Waals surface area contributed by atoms with Crippen LogP contribution < -0.4 is 0 Å². The average molecular weight is 245 g/mol. The van der Waals surface area contributed by atoms with Crippen LogP contribution >= 0.6 is 24.2 Å². The normalized spacial score (nSPS) is 12.1. The van der Waals surface area contributed by atoms with Gasteiger partial charge >= 0.3 is 6.18 Å². The Labute approximate surface area is 89.5 Å². The molecule has 0 aliphatic rings. The fraction of sp³-hybridized carbons (Fsp3) is 0.571. The van der Waals surface area contributed by atoms with E-state index in [9.17, 15) is 13.2 Å². The quantitative estimate of drug-likeness (QED) is 0.792. The molecule has 0 saturated heterocycles. The summed E-state index contributed by atoms with van der Waals surface area (Å²) >= 11 is 9.53. The molecule has 7 heteroatoms. The minimum atomic E-state index is -4.46. The SMILES string of the molecule is Cn1nc(C(F)(F)F)c(CCS)c1Cl. The molecular formula is C7H8ClF3N2S. The summed E-state index contributed by atoms with van der Waals surface area (Å²) in [6.45, 7) is 0. The van der Waals surface area contributed by atoms with Crippen molar-refractivity contribution in [3.8, 4) is 0 Å². The first kappa shape index (κ1) is 11.7. The summed E-state index contributed by atoms with van der Waals surface area (Å²) in [5, 5.41) is 3.35. The van der Waals surface area contributed by atoms with E-state index in [1.807, 2.05) is 0 Å². The zero-order valence-corrected chi connectivity index (χ0v) is 8.92. The van der Waals surface area contributed by atoms with Crippen LogP contribution in [0.15, 0.2) is 0 Å². The Morgan fingerprint density at radius 3 is 2.50 bits per heavy atom.